The number of hydrogen-bond donors (Lipinski definition) is 3. The van der Waals surface area contributed by atoms with E-state index in [1.165, 1.54) is 19.5 Å². The molecule has 1 fully saturated rings. The molecule has 0 bridgehead atoms. The van der Waals surface area contributed by atoms with Gasteiger partial charge in [0.15, 0.2) is 5.65 Å². The first-order chi connectivity index (χ1) is 18.2. The van der Waals surface area contributed by atoms with E-state index in [1.54, 1.807) is 12.1 Å². The van der Waals surface area contributed by atoms with Gasteiger partial charge in [0.2, 0.25) is 0 Å². The van der Waals surface area contributed by atoms with Crippen molar-refractivity contribution in [1.82, 2.24) is 25.1 Å². The minimum absolute atomic E-state index is 0.115. The number of carbonyl (C=O) groups excluding carboxylic acids is 1. The second-order valence-electron chi connectivity index (χ2n) is 8.77. The van der Waals surface area contributed by atoms with Crippen molar-refractivity contribution in [2.75, 3.05) is 31.2 Å². The maximum Gasteiger partial charge on any atom is 0.419 e. The topological polar surface area (TPSA) is 120 Å². The van der Waals surface area contributed by atoms with Crippen molar-refractivity contribution >= 4 is 28.4 Å². The molecule has 1 aliphatic rings. The number of nitrogens with one attached hydrogen (secondary N) is 2. The van der Waals surface area contributed by atoms with Gasteiger partial charge >= 0.3 is 6.18 Å². The zero-order valence-corrected chi connectivity index (χ0v) is 20.1. The Morgan fingerprint density at radius 2 is 1.95 bits per heavy atom. The Hall–Kier alpha value is -4.26. The van der Waals surface area contributed by atoms with Gasteiger partial charge < -0.3 is 21.1 Å². The average molecular weight is 529 g/mol. The fourth-order valence-corrected chi connectivity index (χ4v) is 4.56. The van der Waals surface area contributed by atoms with E-state index >= 15 is 0 Å². The third-order valence-corrected chi connectivity index (χ3v) is 6.44. The number of rotatable bonds is 5. The maximum absolute atomic E-state index is 14.5. The Kier molecular flexibility index (Phi) is 6.61. The summed E-state index contributed by atoms with van der Waals surface area (Å²) >= 11 is 0. The number of nitrogens with zero attached hydrogens (tertiary/aromatic N) is 4. The van der Waals surface area contributed by atoms with Crippen molar-refractivity contribution in [3.63, 3.8) is 0 Å². The molecule has 2 aromatic heterocycles. The molecular formula is C25H23F4N7O2. The molecule has 3 heterocycles. The van der Waals surface area contributed by atoms with Gasteiger partial charge in [0.25, 0.3) is 5.91 Å². The molecule has 2 aromatic carbocycles. The first-order valence-corrected chi connectivity index (χ1v) is 11.7. The number of hydrogen-bond acceptors (Lipinski definition) is 7. The van der Waals surface area contributed by atoms with Gasteiger partial charge in [-0.25, -0.2) is 19.0 Å². The fraction of sp³-hybridized carbons (Fsp3) is 0.280. The van der Waals surface area contributed by atoms with Gasteiger partial charge in [-0.2, -0.15) is 18.3 Å². The monoisotopic (exact) mass is 529 g/mol. The van der Waals surface area contributed by atoms with E-state index in [0.717, 1.165) is 38.1 Å². The van der Waals surface area contributed by atoms with E-state index in [4.69, 9.17) is 15.6 Å². The standard InChI is InChI=1S/C25H23F4N7O2/c1-38-18-11-13(5-6-17(18)34-24(37)15-3-2-4-16(20(15)26)25(27,28)29)21-19-22(30)32-12-33-23(19)36(35-21)14-7-9-31-10-8-14/h2-6,11-12,14,31H,7-10H2,1H3,(H,34,37)(H2,30,32,33). The number of amides is 1. The van der Waals surface area contributed by atoms with Crippen molar-refractivity contribution in [3.05, 3.63) is 59.7 Å². The SMILES string of the molecule is COc1cc(-c2nn(C3CCNCC3)c3ncnc(N)c23)ccc1NC(=O)c1cccc(C(F)(F)F)c1F. The number of nitrogens with two attached hydrogens (primary N) is 1. The summed E-state index contributed by atoms with van der Waals surface area (Å²) in [7, 11) is 1.36. The summed E-state index contributed by atoms with van der Waals surface area (Å²) in [5, 5.41) is 11.1. The van der Waals surface area contributed by atoms with Gasteiger partial charge in [-0.1, -0.05) is 12.1 Å². The molecule has 13 heteroatoms. The van der Waals surface area contributed by atoms with Crippen LogP contribution in [0.5, 0.6) is 5.75 Å². The molecule has 38 heavy (non-hydrogen) atoms. The van der Waals surface area contributed by atoms with Gasteiger partial charge in [0, 0.05) is 5.56 Å². The van der Waals surface area contributed by atoms with Crippen LogP contribution >= 0.6 is 0 Å². The van der Waals surface area contributed by atoms with Gasteiger partial charge in [-0.15, -0.1) is 0 Å². The van der Waals surface area contributed by atoms with Crippen LogP contribution in [0.3, 0.4) is 0 Å². The Balaban J connectivity index is 1.51. The third-order valence-electron chi connectivity index (χ3n) is 6.44. The second-order valence-corrected chi connectivity index (χ2v) is 8.77. The van der Waals surface area contributed by atoms with Gasteiger partial charge in [0.1, 0.15) is 29.4 Å². The predicted molar refractivity (Wildman–Crippen MR) is 132 cm³/mol. The number of piperidine rings is 1. The van der Waals surface area contributed by atoms with Crippen molar-refractivity contribution in [3.8, 4) is 17.0 Å². The highest BCUT2D eigenvalue weighted by Gasteiger charge is 2.36. The number of anilines is 2. The van der Waals surface area contributed by atoms with Crippen LogP contribution in [0.15, 0.2) is 42.7 Å². The van der Waals surface area contributed by atoms with Crippen LogP contribution in [0.4, 0.5) is 29.1 Å². The summed E-state index contributed by atoms with van der Waals surface area (Å²) in [5.41, 5.74) is 5.75. The lowest BCUT2D eigenvalue weighted by Crippen LogP contribution is -2.30. The number of halogens is 4. The molecule has 0 atom stereocenters. The van der Waals surface area contributed by atoms with E-state index in [2.05, 4.69) is 20.6 Å². The van der Waals surface area contributed by atoms with Crippen molar-refractivity contribution in [2.24, 2.45) is 0 Å². The Labute approximate surface area is 214 Å². The first-order valence-electron chi connectivity index (χ1n) is 11.7. The number of nitrogen functional groups attached to an aromatic ring is 1. The molecule has 0 unspecified atom stereocenters. The van der Waals surface area contributed by atoms with Crippen LogP contribution in [0.25, 0.3) is 22.3 Å². The molecule has 0 spiro atoms. The van der Waals surface area contributed by atoms with Crippen molar-refractivity contribution in [2.45, 2.75) is 25.1 Å². The summed E-state index contributed by atoms with van der Waals surface area (Å²) < 4.78 is 61.0. The highest BCUT2D eigenvalue weighted by molar-refractivity contribution is 6.06. The number of aromatic nitrogens is 4. The lowest BCUT2D eigenvalue weighted by molar-refractivity contribution is -0.140. The summed E-state index contributed by atoms with van der Waals surface area (Å²) in [6.07, 6.45) is -1.83. The first kappa shape index (κ1) is 25.4. The number of benzene rings is 2. The zero-order valence-electron chi connectivity index (χ0n) is 20.1. The van der Waals surface area contributed by atoms with Crippen LogP contribution in [0, 0.1) is 5.82 Å². The second kappa shape index (κ2) is 9.89. The largest absolute Gasteiger partial charge is 0.495 e. The average Bonchev–Trinajstić information content (AvgIpc) is 3.30. The molecule has 1 aliphatic heterocycles. The molecule has 0 aliphatic carbocycles. The Bertz CT molecular complexity index is 1510. The summed E-state index contributed by atoms with van der Waals surface area (Å²) in [5.74, 6) is -2.28. The van der Waals surface area contributed by atoms with Gasteiger partial charge in [-0.3, -0.25) is 4.79 Å². The number of alkyl halides is 3. The number of carbonyl (C=O) groups is 1. The molecule has 0 radical (unpaired) electrons. The van der Waals surface area contributed by atoms with Crippen LogP contribution in [-0.4, -0.2) is 45.9 Å². The number of ether oxygens (including phenoxy) is 1. The molecule has 4 aromatic rings. The smallest absolute Gasteiger partial charge is 0.419 e. The molecular weight excluding hydrogens is 506 g/mol. The van der Waals surface area contributed by atoms with Gasteiger partial charge in [-0.05, 0) is 50.2 Å². The predicted octanol–water partition coefficient (Wildman–Crippen LogP) is 4.42. The molecule has 1 saturated heterocycles. The van der Waals surface area contributed by atoms with Crippen LogP contribution in [0.2, 0.25) is 0 Å². The minimum Gasteiger partial charge on any atom is -0.495 e. The lowest BCUT2D eigenvalue weighted by Gasteiger charge is -2.23. The molecule has 4 N–H and O–H groups in total. The molecule has 198 valence electrons. The maximum atomic E-state index is 14.5. The van der Waals surface area contributed by atoms with E-state index in [0.29, 0.717) is 28.4 Å². The normalized spacial score (nSPS) is 14.6. The molecule has 0 saturated carbocycles. The van der Waals surface area contributed by atoms with Crippen LogP contribution < -0.4 is 21.1 Å². The van der Waals surface area contributed by atoms with Crippen LogP contribution in [-0.2, 0) is 6.18 Å². The number of methoxy groups -OCH3 is 1. The Morgan fingerprint density at radius 1 is 1.18 bits per heavy atom. The molecule has 9 nitrogen and oxygen atoms in total. The summed E-state index contributed by atoms with van der Waals surface area (Å²) in [4.78, 5) is 21.2. The summed E-state index contributed by atoms with van der Waals surface area (Å²) in [6, 6.07) is 7.36. The fourth-order valence-electron chi connectivity index (χ4n) is 4.56. The zero-order chi connectivity index (χ0) is 27.0. The van der Waals surface area contributed by atoms with Gasteiger partial charge in [0.05, 0.1) is 35.4 Å². The Morgan fingerprint density at radius 3 is 2.66 bits per heavy atom. The van der Waals surface area contributed by atoms with E-state index in [-0.39, 0.29) is 23.3 Å². The number of fused-ring (bicyclic) bond motifs is 1. The van der Waals surface area contributed by atoms with E-state index < -0.39 is 29.0 Å². The van der Waals surface area contributed by atoms with E-state index in [1.807, 2.05) is 4.68 Å². The molecule has 1 amide bonds. The van der Waals surface area contributed by atoms with Crippen LogP contribution in [0.1, 0.15) is 34.8 Å². The highest BCUT2D eigenvalue weighted by Crippen LogP contribution is 2.37. The van der Waals surface area contributed by atoms with Crippen molar-refractivity contribution < 1.29 is 27.1 Å². The van der Waals surface area contributed by atoms with Crippen molar-refractivity contribution in [1.29, 1.82) is 0 Å². The third kappa shape index (κ3) is 4.60. The highest BCUT2D eigenvalue weighted by atomic mass is 19.4. The molecule has 5 rings (SSSR count). The lowest BCUT2D eigenvalue weighted by atomic mass is 10.1. The quantitative estimate of drug-likeness (QED) is 0.328. The van der Waals surface area contributed by atoms with E-state index in [9.17, 15) is 22.4 Å². The summed E-state index contributed by atoms with van der Waals surface area (Å²) in [6.45, 7) is 1.69. The minimum atomic E-state index is -4.94.